The fourth-order valence-corrected chi connectivity index (χ4v) is 4.09. The third kappa shape index (κ3) is 7.56. The van der Waals surface area contributed by atoms with Crippen LogP contribution in [-0.4, -0.2) is 61.1 Å². The molecule has 0 unspecified atom stereocenters. The molecular formula is C25H29N5O4S. The summed E-state index contributed by atoms with van der Waals surface area (Å²) in [6.07, 6.45) is -1.13. The van der Waals surface area contributed by atoms with Crippen LogP contribution >= 0.6 is 11.3 Å². The number of anilines is 2. The lowest BCUT2D eigenvalue weighted by Crippen LogP contribution is -2.48. The van der Waals surface area contributed by atoms with E-state index >= 15 is 0 Å². The number of hydrogen-bond donors (Lipinski definition) is 5. The second-order valence-corrected chi connectivity index (χ2v) is 9.18. The number of hydrogen-bond acceptors (Lipinski definition) is 6. The number of rotatable bonds is 10. The maximum Gasteiger partial charge on any atom is 0.405 e. The van der Waals surface area contributed by atoms with Gasteiger partial charge in [-0.1, -0.05) is 24.3 Å². The van der Waals surface area contributed by atoms with Crippen LogP contribution in [0.25, 0.3) is 10.4 Å². The normalized spacial score (nSPS) is 11.6. The van der Waals surface area contributed by atoms with Crippen LogP contribution in [-0.2, 0) is 11.2 Å². The van der Waals surface area contributed by atoms with Crippen molar-refractivity contribution in [2.75, 3.05) is 38.2 Å². The minimum absolute atomic E-state index is 0.151. The minimum Gasteiger partial charge on any atom is -0.465 e. The number of nitrogen functional groups attached to an aromatic ring is 1. The van der Waals surface area contributed by atoms with Crippen molar-refractivity contribution in [2.24, 2.45) is 0 Å². The highest BCUT2D eigenvalue weighted by Crippen LogP contribution is 2.30. The molecule has 10 heteroatoms. The van der Waals surface area contributed by atoms with E-state index in [-0.39, 0.29) is 12.3 Å². The fraction of sp³-hybridized carbons (Fsp3) is 0.240. The van der Waals surface area contributed by atoms with Gasteiger partial charge in [-0.25, -0.2) is 4.79 Å². The number of carbonyl (C=O) groups excluding carboxylic acids is 2. The van der Waals surface area contributed by atoms with E-state index in [0.717, 1.165) is 10.4 Å². The number of carbonyl (C=O) groups is 3. The maximum atomic E-state index is 12.8. The van der Waals surface area contributed by atoms with Gasteiger partial charge in [-0.15, -0.1) is 11.3 Å². The molecule has 3 amide bonds. The first-order valence-corrected chi connectivity index (χ1v) is 11.9. The summed E-state index contributed by atoms with van der Waals surface area (Å²) in [6, 6.07) is 15.2. The van der Waals surface area contributed by atoms with Gasteiger partial charge < -0.3 is 31.7 Å². The number of benzene rings is 2. The molecule has 0 saturated carbocycles. The molecule has 0 bridgehead atoms. The monoisotopic (exact) mass is 495 g/mol. The Morgan fingerprint density at radius 1 is 1.09 bits per heavy atom. The van der Waals surface area contributed by atoms with Crippen LogP contribution in [0.2, 0.25) is 0 Å². The molecule has 6 N–H and O–H groups in total. The fourth-order valence-electron chi connectivity index (χ4n) is 3.37. The highest BCUT2D eigenvalue weighted by molar-refractivity contribution is 7.13. The first-order valence-electron chi connectivity index (χ1n) is 11.0. The van der Waals surface area contributed by atoms with Crippen LogP contribution in [0.1, 0.15) is 15.9 Å². The molecule has 0 aliphatic rings. The topological polar surface area (TPSA) is 137 Å². The van der Waals surface area contributed by atoms with Crippen molar-refractivity contribution in [1.29, 1.82) is 0 Å². The second-order valence-electron chi connectivity index (χ2n) is 8.23. The standard InChI is InChI=1S/C25H29N5O4S/c1-30(2)12-11-27-24(32)21(29-25(33)34)14-16-5-7-17(8-6-16)23(31)28-20-15-18(9-10-19(20)26)22-4-3-13-35-22/h3-10,13,15,21,29H,11-12,14,26H2,1-2H3,(H,27,32)(H,28,31)(H,33,34)/t21-/m0/s1. The lowest BCUT2D eigenvalue weighted by molar-refractivity contribution is -0.123. The Morgan fingerprint density at radius 3 is 2.46 bits per heavy atom. The van der Waals surface area contributed by atoms with E-state index in [1.54, 1.807) is 41.7 Å². The van der Waals surface area contributed by atoms with Gasteiger partial charge in [0.05, 0.1) is 11.4 Å². The van der Waals surface area contributed by atoms with Crippen molar-refractivity contribution >= 4 is 40.6 Å². The van der Waals surface area contributed by atoms with Crippen LogP contribution in [0.5, 0.6) is 0 Å². The highest BCUT2D eigenvalue weighted by atomic mass is 32.1. The lowest BCUT2D eigenvalue weighted by atomic mass is 10.0. The predicted octanol–water partition coefficient (Wildman–Crippen LogP) is 3.11. The van der Waals surface area contributed by atoms with Crippen LogP contribution in [0, 0.1) is 0 Å². The van der Waals surface area contributed by atoms with Crippen LogP contribution < -0.4 is 21.7 Å². The average Bonchev–Trinajstić information content (AvgIpc) is 3.35. The molecule has 3 aromatic rings. The van der Waals surface area contributed by atoms with Gasteiger partial charge in [0.25, 0.3) is 5.91 Å². The van der Waals surface area contributed by atoms with Crippen molar-refractivity contribution in [3.63, 3.8) is 0 Å². The molecule has 0 saturated heterocycles. The van der Waals surface area contributed by atoms with Crippen molar-refractivity contribution in [3.05, 3.63) is 71.1 Å². The summed E-state index contributed by atoms with van der Waals surface area (Å²) in [4.78, 5) is 39.4. The zero-order valence-corrected chi connectivity index (χ0v) is 20.4. The van der Waals surface area contributed by atoms with Gasteiger partial charge >= 0.3 is 6.09 Å². The molecule has 0 aliphatic carbocycles. The zero-order chi connectivity index (χ0) is 25.4. The number of likely N-dealkylation sites (N-methyl/N-ethyl adjacent to an activating group) is 1. The van der Waals surface area contributed by atoms with Gasteiger partial charge in [-0.05, 0) is 60.9 Å². The molecule has 1 atom stereocenters. The Hall–Kier alpha value is -3.89. The van der Waals surface area contributed by atoms with E-state index in [9.17, 15) is 14.4 Å². The number of nitrogens with two attached hydrogens (primary N) is 1. The molecule has 0 spiro atoms. The maximum absolute atomic E-state index is 12.8. The van der Waals surface area contributed by atoms with E-state index in [1.807, 2.05) is 48.6 Å². The van der Waals surface area contributed by atoms with E-state index in [2.05, 4.69) is 16.0 Å². The Labute approximate surface area is 207 Å². The number of thiophene rings is 1. The molecule has 3 rings (SSSR count). The van der Waals surface area contributed by atoms with Gasteiger partial charge in [0.15, 0.2) is 0 Å². The summed E-state index contributed by atoms with van der Waals surface area (Å²) in [7, 11) is 3.76. The second kappa shape index (κ2) is 12.0. The first kappa shape index (κ1) is 25.7. The summed E-state index contributed by atoms with van der Waals surface area (Å²) >= 11 is 1.60. The lowest BCUT2D eigenvalue weighted by Gasteiger charge is -2.18. The number of nitrogens with zero attached hydrogens (tertiary/aromatic N) is 1. The third-order valence-corrected chi connectivity index (χ3v) is 6.15. The summed E-state index contributed by atoms with van der Waals surface area (Å²) in [5.74, 6) is -0.731. The van der Waals surface area contributed by atoms with Gasteiger partial charge in [0.2, 0.25) is 5.91 Å². The van der Waals surface area contributed by atoms with E-state index in [4.69, 9.17) is 10.8 Å². The van der Waals surface area contributed by atoms with Crippen molar-refractivity contribution in [2.45, 2.75) is 12.5 Å². The molecule has 0 radical (unpaired) electrons. The van der Waals surface area contributed by atoms with Crippen molar-refractivity contribution in [3.8, 4) is 10.4 Å². The van der Waals surface area contributed by atoms with Gasteiger partial charge in [0, 0.05) is 30.0 Å². The molecule has 35 heavy (non-hydrogen) atoms. The Morgan fingerprint density at radius 2 is 1.83 bits per heavy atom. The summed E-state index contributed by atoms with van der Waals surface area (Å²) in [5, 5.41) is 18.9. The minimum atomic E-state index is -1.28. The van der Waals surface area contributed by atoms with Gasteiger partial charge in [0.1, 0.15) is 6.04 Å². The molecule has 184 valence electrons. The molecule has 1 aromatic heterocycles. The molecule has 0 fully saturated rings. The van der Waals surface area contributed by atoms with Gasteiger partial charge in [-0.3, -0.25) is 9.59 Å². The molecular weight excluding hydrogens is 466 g/mol. The molecule has 2 aromatic carbocycles. The highest BCUT2D eigenvalue weighted by Gasteiger charge is 2.21. The van der Waals surface area contributed by atoms with Crippen LogP contribution in [0.3, 0.4) is 0 Å². The van der Waals surface area contributed by atoms with Crippen LogP contribution in [0.4, 0.5) is 16.2 Å². The molecule has 0 aliphatic heterocycles. The molecule has 9 nitrogen and oxygen atoms in total. The third-order valence-electron chi connectivity index (χ3n) is 5.24. The Bertz CT molecular complexity index is 1160. The van der Waals surface area contributed by atoms with Crippen LogP contribution in [0.15, 0.2) is 60.0 Å². The number of nitrogens with one attached hydrogen (secondary N) is 3. The predicted molar refractivity (Wildman–Crippen MR) is 139 cm³/mol. The van der Waals surface area contributed by atoms with Crippen molar-refractivity contribution in [1.82, 2.24) is 15.5 Å². The van der Waals surface area contributed by atoms with E-state index in [1.165, 1.54) is 0 Å². The summed E-state index contributed by atoms with van der Waals surface area (Å²) < 4.78 is 0. The van der Waals surface area contributed by atoms with E-state index in [0.29, 0.717) is 35.6 Å². The van der Waals surface area contributed by atoms with Crippen molar-refractivity contribution < 1.29 is 19.5 Å². The Kier molecular flexibility index (Phi) is 8.82. The van der Waals surface area contributed by atoms with E-state index < -0.39 is 18.0 Å². The summed E-state index contributed by atoms with van der Waals surface area (Å²) in [5.41, 5.74) is 9.12. The molecule has 1 heterocycles. The zero-order valence-electron chi connectivity index (χ0n) is 19.6. The largest absolute Gasteiger partial charge is 0.465 e. The number of carboxylic acid groups (broad SMARTS) is 1. The smallest absolute Gasteiger partial charge is 0.405 e. The quantitative estimate of drug-likeness (QED) is 0.274. The number of amides is 3. The summed E-state index contributed by atoms with van der Waals surface area (Å²) in [6.45, 7) is 1.04. The average molecular weight is 496 g/mol. The Balaban J connectivity index is 1.66. The van der Waals surface area contributed by atoms with Gasteiger partial charge in [-0.2, -0.15) is 0 Å². The SMILES string of the molecule is CN(C)CCNC(=O)[C@H](Cc1ccc(C(=O)Nc2cc(-c3cccs3)ccc2N)cc1)NC(=O)O. The first-order chi connectivity index (χ1) is 16.7.